The maximum Gasteiger partial charge on any atom is 0.410 e. The molecule has 0 bridgehead atoms. The fourth-order valence-corrected chi connectivity index (χ4v) is 5.80. The molecule has 0 saturated carbocycles. The summed E-state index contributed by atoms with van der Waals surface area (Å²) in [5.41, 5.74) is 1.96. The van der Waals surface area contributed by atoms with E-state index < -0.39 is 11.7 Å². The molecule has 2 fully saturated rings. The summed E-state index contributed by atoms with van der Waals surface area (Å²) in [6.45, 7) is 2.08. The van der Waals surface area contributed by atoms with E-state index in [1.807, 2.05) is 30.3 Å². The van der Waals surface area contributed by atoms with Crippen molar-refractivity contribution in [2.24, 2.45) is 5.41 Å². The zero-order valence-corrected chi connectivity index (χ0v) is 22.1. The quantitative estimate of drug-likeness (QED) is 0.376. The summed E-state index contributed by atoms with van der Waals surface area (Å²) in [5.74, 6) is -1.02. The van der Waals surface area contributed by atoms with Gasteiger partial charge >= 0.3 is 6.09 Å². The summed E-state index contributed by atoms with van der Waals surface area (Å²) in [6.07, 6.45) is 1.42. The summed E-state index contributed by atoms with van der Waals surface area (Å²) in [4.78, 5) is 43.5. The van der Waals surface area contributed by atoms with E-state index in [1.54, 1.807) is 20.3 Å². The molecule has 11 heteroatoms. The minimum Gasteiger partial charge on any atom is -0.445 e. The van der Waals surface area contributed by atoms with Crippen LogP contribution in [0.1, 0.15) is 27.2 Å². The van der Waals surface area contributed by atoms with Crippen molar-refractivity contribution in [2.45, 2.75) is 13.0 Å². The Kier molecular flexibility index (Phi) is 6.35. The summed E-state index contributed by atoms with van der Waals surface area (Å²) in [5, 5.41) is 0.450. The van der Waals surface area contributed by atoms with Gasteiger partial charge in [0.1, 0.15) is 23.1 Å². The summed E-state index contributed by atoms with van der Waals surface area (Å²) < 4.78 is 21.6. The van der Waals surface area contributed by atoms with Crippen LogP contribution in [0.3, 0.4) is 0 Å². The van der Waals surface area contributed by atoms with E-state index in [0.29, 0.717) is 43.0 Å². The lowest BCUT2D eigenvalue weighted by Crippen LogP contribution is -2.73. The lowest BCUT2D eigenvalue weighted by Gasteiger charge is -2.59. The SMILES string of the molecule is O=C(OCc1ccccc1)N1CC2(C1)CN(C(=O)c1cc(Cc3c[nH]c(=O)c4cc(Cl)c(Cl)n34)ccc1F)C2. The van der Waals surface area contributed by atoms with Gasteiger partial charge in [0.15, 0.2) is 0 Å². The highest BCUT2D eigenvalue weighted by molar-refractivity contribution is 6.42. The first-order chi connectivity index (χ1) is 18.7. The minimum absolute atomic E-state index is 0.0295. The molecule has 0 radical (unpaired) electrons. The molecule has 6 rings (SSSR count). The zero-order valence-electron chi connectivity index (χ0n) is 20.6. The molecule has 8 nitrogen and oxygen atoms in total. The highest BCUT2D eigenvalue weighted by atomic mass is 35.5. The molecule has 2 aliphatic heterocycles. The molecule has 4 heterocycles. The standard InChI is InChI=1S/C28H23Cl2FN4O4/c29-21-10-23-25(36)32-11-19(35(23)24(21)30)8-18-6-7-22(31)20(9-18)26(37)33-13-28(14-33)15-34(16-28)27(38)39-12-17-4-2-1-3-5-17/h1-7,9-11H,8,12-16H2,(H,32,36). The number of benzene rings is 2. The van der Waals surface area contributed by atoms with Gasteiger partial charge in [0.25, 0.3) is 11.5 Å². The second kappa shape index (κ2) is 9.73. The molecule has 0 aliphatic carbocycles. The number of amides is 2. The monoisotopic (exact) mass is 568 g/mol. The molecule has 39 heavy (non-hydrogen) atoms. The molecule has 2 aromatic heterocycles. The Balaban J connectivity index is 1.09. The van der Waals surface area contributed by atoms with Crippen molar-refractivity contribution >= 4 is 40.7 Å². The molecule has 0 atom stereocenters. The molecular formula is C28H23Cl2FN4O4. The number of nitrogens with one attached hydrogen (secondary N) is 1. The number of aromatic nitrogens is 2. The molecule has 2 aromatic carbocycles. The first-order valence-electron chi connectivity index (χ1n) is 12.3. The number of halogens is 3. The number of rotatable bonds is 5. The van der Waals surface area contributed by atoms with Gasteiger partial charge in [0.05, 0.1) is 10.6 Å². The number of carbonyl (C=O) groups is 2. The molecule has 2 amide bonds. The number of nitrogens with zero attached hydrogens (tertiary/aromatic N) is 3. The van der Waals surface area contributed by atoms with Crippen LogP contribution in [0.5, 0.6) is 0 Å². The van der Waals surface area contributed by atoms with E-state index in [0.717, 1.165) is 5.56 Å². The van der Waals surface area contributed by atoms with E-state index in [4.69, 9.17) is 27.9 Å². The molecule has 200 valence electrons. The summed E-state index contributed by atoms with van der Waals surface area (Å²) >= 11 is 12.4. The number of likely N-dealkylation sites (tertiary alicyclic amines) is 2. The molecule has 2 saturated heterocycles. The molecular weight excluding hydrogens is 546 g/mol. The van der Waals surface area contributed by atoms with Gasteiger partial charge in [-0.15, -0.1) is 0 Å². The Hall–Kier alpha value is -3.82. The Labute approximate surface area is 232 Å². The number of H-pyrrole nitrogens is 1. The van der Waals surface area contributed by atoms with Crippen molar-refractivity contribution in [2.75, 3.05) is 26.2 Å². The molecule has 1 N–H and O–H groups in total. The predicted octanol–water partition coefficient (Wildman–Crippen LogP) is 4.76. The second-order valence-corrected chi connectivity index (χ2v) is 10.9. The fraction of sp³-hybridized carbons (Fsp3) is 0.250. The molecule has 4 aromatic rings. The molecule has 2 aliphatic rings. The van der Waals surface area contributed by atoms with E-state index in [2.05, 4.69) is 4.98 Å². The van der Waals surface area contributed by atoms with E-state index >= 15 is 0 Å². The van der Waals surface area contributed by atoms with Crippen molar-refractivity contribution < 1.29 is 18.7 Å². The van der Waals surface area contributed by atoms with Crippen molar-refractivity contribution in [1.82, 2.24) is 19.2 Å². The van der Waals surface area contributed by atoms with Gasteiger partial charge in [-0.1, -0.05) is 59.6 Å². The van der Waals surface area contributed by atoms with Crippen molar-refractivity contribution in [1.29, 1.82) is 0 Å². The Morgan fingerprint density at radius 3 is 2.44 bits per heavy atom. The van der Waals surface area contributed by atoms with Crippen molar-refractivity contribution in [3.8, 4) is 0 Å². The largest absolute Gasteiger partial charge is 0.445 e. The normalized spacial score (nSPS) is 15.8. The van der Waals surface area contributed by atoms with Gasteiger partial charge in [-0.2, -0.15) is 0 Å². The van der Waals surface area contributed by atoms with E-state index in [9.17, 15) is 18.8 Å². The molecule has 1 spiro atoms. The van der Waals surface area contributed by atoms with Crippen LogP contribution in [0.4, 0.5) is 9.18 Å². The van der Waals surface area contributed by atoms with Gasteiger partial charge in [-0.3, -0.25) is 14.0 Å². The maximum atomic E-state index is 14.7. The highest BCUT2D eigenvalue weighted by Gasteiger charge is 2.55. The Morgan fingerprint density at radius 2 is 1.69 bits per heavy atom. The van der Waals surface area contributed by atoms with Crippen LogP contribution in [0.15, 0.2) is 65.6 Å². The van der Waals surface area contributed by atoms with Crippen LogP contribution < -0.4 is 5.56 Å². The number of aromatic amines is 1. The van der Waals surface area contributed by atoms with Gasteiger partial charge in [-0.05, 0) is 29.3 Å². The van der Waals surface area contributed by atoms with Crippen LogP contribution in [0.25, 0.3) is 5.52 Å². The van der Waals surface area contributed by atoms with Gasteiger partial charge in [0.2, 0.25) is 0 Å². The first-order valence-corrected chi connectivity index (χ1v) is 13.1. The van der Waals surface area contributed by atoms with Crippen molar-refractivity contribution in [3.63, 3.8) is 0 Å². The third-order valence-corrected chi connectivity index (χ3v) is 8.05. The summed E-state index contributed by atoms with van der Waals surface area (Å²) in [6, 6.07) is 15.3. The van der Waals surface area contributed by atoms with Crippen LogP contribution in [-0.4, -0.2) is 57.4 Å². The first kappa shape index (κ1) is 25.5. The topological polar surface area (TPSA) is 87.1 Å². The third kappa shape index (κ3) is 4.66. The fourth-order valence-electron chi connectivity index (χ4n) is 5.36. The van der Waals surface area contributed by atoms with Crippen molar-refractivity contribution in [3.05, 3.63) is 110 Å². The van der Waals surface area contributed by atoms with E-state index in [1.165, 1.54) is 24.4 Å². The number of fused-ring (bicyclic) bond motifs is 1. The van der Waals surface area contributed by atoms with Gasteiger partial charge in [0, 0.05) is 49.9 Å². The maximum absolute atomic E-state index is 14.7. The van der Waals surface area contributed by atoms with Crippen LogP contribution in [0, 0.1) is 11.2 Å². The number of carbonyl (C=O) groups excluding carboxylic acids is 2. The lowest BCUT2D eigenvalue weighted by atomic mass is 9.73. The Bertz CT molecular complexity index is 1660. The van der Waals surface area contributed by atoms with E-state index in [-0.39, 0.29) is 45.8 Å². The minimum atomic E-state index is -0.613. The van der Waals surface area contributed by atoms with Crippen LogP contribution in [0.2, 0.25) is 10.2 Å². The van der Waals surface area contributed by atoms with Gasteiger partial charge < -0.3 is 19.5 Å². The lowest BCUT2D eigenvalue weighted by molar-refractivity contribution is -0.0901. The third-order valence-electron chi connectivity index (χ3n) is 7.29. The molecule has 0 unspecified atom stereocenters. The number of hydrogen-bond donors (Lipinski definition) is 1. The van der Waals surface area contributed by atoms with Crippen LogP contribution in [-0.2, 0) is 17.8 Å². The average Bonchev–Trinajstić information content (AvgIpc) is 3.19. The average molecular weight is 569 g/mol. The highest BCUT2D eigenvalue weighted by Crippen LogP contribution is 2.40. The second-order valence-electron chi connectivity index (χ2n) is 10.2. The smallest absolute Gasteiger partial charge is 0.410 e. The van der Waals surface area contributed by atoms with Gasteiger partial charge in [-0.25, -0.2) is 9.18 Å². The van der Waals surface area contributed by atoms with Crippen LogP contribution >= 0.6 is 23.2 Å². The Morgan fingerprint density at radius 1 is 0.974 bits per heavy atom. The predicted molar refractivity (Wildman–Crippen MR) is 144 cm³/mol. The number of hydrogen-bond acceptors (Lipinski definition) is 4. The summed E-state index contributed by atoms with van der Waals surface area (Å²) in [7, 11) is 0. The zero-order chi connectivity index (χ0) is 27.3. The number of ether oxygens (including phenoxy) is 1.